The highest BCUT2D eigenvalue weighted by molar-refractivity contribution is 5.81. The van der Waals surface area contributed by atoms with Gasteiger partial charge >= 0.3 is 0 Å². The molecule has 1 aromatic carbocycles. The number of aromatic amines is 1. The standard InChI is InChI=1S/C22H26N6O3/c1-6-27(10-15-11-28-14(3)7-13(2)23-22(28)24-15)12-20-25-17-9-19(31-5)18(30-4)8-16(17)21(29)26-20/h7-9,11H,6,10,12H2,1-5H3,(H,25,26,29). The third-order valence-electron chi connectivity index (χ3n) is 5.28. The number of hydrogen-bond donors (Lipinski definition) is 1. The number of benzene rings is 1. The van der Waals surface area contributed by atoms with Crippen LogP contribution in [0.2, 0.25) is 0 Å². The fourth-order valence-corrected chi connectivity index (χ4v) is 3.70. The van der Waals surface area contributed by atoms with E-state index in [1.807, 2.05) is 30.5 Å². The molecular weight excluding hydrogens is 396 g/mol. The average Bonchev–Trinajstić information content (AvgIpc) is 3.15. The van der Waals surface area contributed by atoms with Gasteiger partial charge in [0.15, 0.2) is 11.5 Å². The van der Waals surface area contributed by atoms with Crippen molar-refractivity contribution in [2.75, 3.05) is 20.8 Å². The molecule has 0 spiro atoms. The molecule has 0 bridgehead atoms. The fourth-order valence-electron chi connectivity index (χ4n) is 3.70. The van der Waals surface area contributed by atoms with E-state index < -0.39 is 0 Å². The summed E-state index contributed by atoms with van der Waals surface area (Å²) in [6.45, 7) is 7.94. The van der Waals surface area contributed by atoms with Gasteiger partial charge in [-0.2, -0.15) is 0 Å². The molecule has 3 heterocycles. The molecule has 3 aromatic heterocycles. The summed E-state index contributed by atoms with van der Waals surface area (Å²) in [6, 6.07) is 5.40. The second-order valence-corrected chi connectivity index (χ2v) is 7.48. The molecule has 0 amide bonds. The molecule has 9 heteroatoms. The maximum atomic E-state index is 12.6. The second kappa shape index (κ2) is 8.35. The van der Waals surface area contributed by atoms with Crippen LogP contribution in [0.25, 0.3) is 16.7 Å². The highest BCUT2D eigenvalue weighted by Gasteiger charge is 2.14. The Morgan fingerprint density at radius 1 is 1.03 bits per heavy atom. The summed E-state index contributed by atoms with van der Waals surface area (Å²) in [5.74, 6) is 2.31. The minimum atomic E-state index is -0.208. The normalized spacial score (nSPS) is 11.5. The van der Waals surface area contributed by atoms with E-state index in [2.05, 4.69) is 31.8 Å². The summed E-state index contributed by atoms with van der Waals surface area (Å²) in [5, 5.41) is 0.460. The lowest BCUT2D eigenvalue weighted by Gasteiger charge is -2.18. The summed E-state index contributed by atoms with van der Waals surface area (Å²) in [6.07, 6.45) is 2.01. The van der Waals surface area contributed by atoms with Crippen molar-refractivity contribution in [3.05, 3.63) is 57.7 Å². The molecule has 31 heavy (non-hydrogen) atoms. The Kier molecular flexibility index (Phi) is 5.60. The molecule has 9 nitrogen and oxygen atoms in total. The van der Waals surface area contributed by atoms with Crippen LogP contribution in [-0.2, 0) is 13.1 Å². The molecule has 162 valence electrons. The zero-order valence-electron chi connectivity index (χ0n) is 18.4. The van der Waals surface area contributed by atoms with Crippen molar-refractivity contribution in [1.82, 2.24) is 29.2 Å². The van der Waals surface area contributed by atoms with Crippen LogP contribution in [0.3, 0.4) is 0 Å². The number of imidazole rings is 1. The summed E-state index contributed by atoms with van der Waals surface area (Å²) in [7, 11) is 3.10. The topological polar surface area (TPSA) is 97.6 Å². The van der Waals surface area contributed by atoms with Crippen molar-refractivity contribution in [3.8, 4) is 11.5 Å². The molecule has 4 aromatic rings. The molecule has 4 rings (SSSR count). The van der Waals surface area contributed by atoms with Gasteiger partial charge in [0.05, 0.1) is 37.4 Å². The highest BCUT2D eigenvalue weighted by atomic mass is 16.5. The minimum absolute atomic E-state index is 0.208. The van der Waals surface area contributed by atoms with Crippen molar-refractivity contribution in [1.29, 1.82) is 0 Å². The van der Waals surface area contributed by atoms with E-state index in [1.54, 1.807) is 19.2 Å². The Balaban J connectivity index is 1.62. The molecule has 0 unspecified atom stereocenters. The van der Waals surface area contributed by atoms with Gasteiger partial charge in [-0.15, -0.1) is 0 Å². The van der Waals surface area contributed by atoms with Crippen molar-refractivity contribution >= 4 is 16.7 Å². The van der Waals surface area contributed by atoms with Gasteiger partial charge in [0.1, 0.15) is 5.82 Å². The number of nitrogens with zero attached hydrogens (tertiary/aromatic N) is 5. The Morgan fingerprint density at radius 3 is 2.48 bits per heavy atom. The van der Waals surface area contributed by atoms with E-state index >= 15 is 0 Å². The smallest absolute Gasteiger partial charge is 0.258 e. The first-order valence-corrected chi connectivity index (χ1v) is 10.1. The molecule has 0 atom stereocenters. The third kappa shape index (κ3) is 4.09. The van der Waals surface area contributed by atoms with E-state index in [9.17, 15) is 4.79 Å². The van der Waals surface area contributed by atoms with Crippen molar-refractivity contribution in [2.45, 2.75) is 33.9 Å². The number of hydrogen-bond acceptors (Lipinski definition) is 7. The van der Waals surface area contributed by atoms with Crippen molar-refractivity contribution in [2.24, 2.45) is 0 Å². The van der Waals surface area contributed by atoms with Crippen LogP contribution in [0.4, 0.5) is 0 Å². The SMILES string of the molecule is CCN(Cc1cn2c(C)cc(C)nc2n1)Cc1nc2cc(OC)c(OC)cc2c(=O)[nH]1. The Morgan fingerprint density at radius 2 is 1.77 bits per heavy atom. The summed E-state index contributed by atoms with van der Waals surface area (Å²) < 4.78 is 12.6. The van der Waals surface area contributed by atoms with Crippen LogP contribution in [0.15, 0.2) is 29.2 Å². The lowest BCUT2D eigenvalue weighted by atomic mass is 10.2. The number of H-pyrrole nitrogens is 1. The van der Waals surface area contributed by atoms with Gasteiger partial charge in [-0.3, -0.25) is 14.1 Å². The Labute approximate surface area is 179 Å². The van der Waals surface area contributed by atoms with Gasteiger partial charge < -0.3 is 14.5 Å². The zero-order valence-corrected chi connectivity index (χ0v) is 18.4. The molecule has 0 saturated carbocycles. The molecule has 1 N–H and O–H groups in total. The molecule has 0 radical (unpaired) electrons. The lowest BCUT2D eigenvalue weighted by molar-refractivity contribution is 0.262. The van der Waals surface area contributed by atoms with Gasteiger partial charge in [-0.25, -0.2) is 15.0 Å². The van der Waals surface area contributed by atoms with Gasteiger partial charge in [0.25, 0.3) is 5.56 Å². The van der Waals surface area contributed by atoms with E-state index in [0.29, 0.717) is 47.1 Å². The van der Waals surface area contributed by atoms with E-state index in [1.165, 1.54) is 7.11 Å². The third-order valence-corrected chi connectivity index (χ3v) is 5.28. The van der Waals surface area contributed by atoms with E-state index in [0.717, 1.165) is 23.6 Å². The largest absolute Gasteiger partial charge is 0.493 e. The number of nitrogens with one attached hydrogen (secondary N) is 1. The monoisotopic (exact) mass is 422 g/mol. The predicted octanol–water partition coefficient (Wildman–Crippen LogP) is 2.62. The maximum absolute atomic E-state index is 12.6. The summed E-state index contributed by atoms with van der Waals surface area (Å²) in [5.41, 5.74) is 3.31. The summed E-state index contributed by atoms with van der Waals surface area (Å²) in [4.78, 5) is 31.5. The quantitative estimate of drug-likeness (QED) is 0.489. The molecule has 0 fully saturated rings. The second-order valence-electron chi connectivity index (χ2n) is 7.48. The van der Waals surface area contributed by atoms with E-state index in [4.69, 9.17) is 9.47 Å². The molecular formula is C22H26N6O3. The number of ether oxygens (including phenoxy) is 2. The van der Waals surface area contributed by atoms with Crippen LogP contribution < -0.4 is 15.0 Å². The van der Waals surface area contributed by atoms with Crippen LogP contribution >= 0.6 is 0 Å². The minimum Gasteiger partial charge on any atom is -0.493 e. The van der Waals surface area contributed by atoms with Gasteiger partial charge in [-0.1, -0.05) is 6.92 Å². The first kappa shape index (κ1) is 20.8. The number of aromatic nitrogens is 5. The van der Waals surface area contributed by atoms with Gasteiger partial charge in [0, 0.05) is 30.2 Å². The zero-order chi connectivity index (χ0) is 22.1. The van der Waals surface area contributed by atoms with Crippen LogP contribution in [0, 0.1) is 13.8 Å². The maximum Gasteiger partial charge on any atom is 0.258 e. The van der Waals surface area contributed by atoms with Crippen LogP contribution in [0.5, 0.6) is 11.5 Å². The predicted molar refractivity (Wildman–Crippen MR) is 118 cm³/mol. The van der Waals surface area contributed by atoms with Crippen molar-refractivity contribution < 1.29 is 9.47 Å². The summed E-state index contributed by atoms with van der Waals surface area (Å²) >= 11 is 0. The first-order chi connectivity index (χ1) is 14.9. The Hall–Kier alpha value is -3.46. The molecule has 0 aliphatic rings. The van der Waals surface area contributed by atoms with Gasteiger partial charge in [-0.05, 0) is 32.5 Å². The van der Waals surface area contributed by atoms with Crippen LogP contribution in [-0.4, -0.2) is 50.0 Å². The Bertz CT molecular complexity index is 1310. The number of rotatable bonds is 7. The van der Waals surface area contributed by atoms with Crippen molar-refractivity contribution in [3.63, 3.8) is 0 Å². The number of methoxy groups -OCH3 is 2. The lowest BCUT2D eigenvalue weighted by Crippen LogP contribution is -2.25. The molecule has 0 aliphatic carbocycles. The highest BCUT2D eigenvalue weighted by Crippen LogP contribution is 2.30. The van der Waals surface area contributed by atoms with Gasteiger partial charge in [0.2, 0.25) is 5.78 Å². The molecule has 0 aliphatic heterocycles. The van der Waals surface area contributed by atoms with Crippen LogP contribution in [0.1, 0.15) is 29.8 Å². The average molecular weight is 422 g/mol. The first-order valence-electron chi connectivity index (χ1n) is 10.1. The number of fused-ring (bicyclic) bond motifs is 2. The molecule has 0 saturated heterocycles. The fraction of sp³-hybridized carbons (Fsp3) is 0.364. The van der Waals surface area contributed by atoms with E-state index in [-0.39, 0.29) is 5.56 Å². The number of aryl methyl sites for hydroxylation is 2.